The Labute approximate surface area is 86.5 Å². The Morgan fingerprint density at radius 3 is 1.79 bits per heavy atom. The molecule has 0 radical (unpaired) electrons. The number of ketones is 2. The van der Waals surface area contributed by atoms with Gasteiger partial charge in [0.1, 0.15) is 11.6 Å². The standard InChI is InChI=1S/C11H21NO2/c1-5-12(6-2)8-7-11(9(3)13)10(4)14/h11H,5-8H2,1-4H3. The topological polar surface area (TPSA) is 37.4 Å². The van der Waals surface area contributed by atoms with Crippen LogP contribution in [0.3, 0.4) is 0 Å². The predicted octanol–water partition coefficient (Wildman–Crippen LogP) is 1.51. The van der Waals surface area contributed by atoms with Crippen LogP contribution in [0.15, 0.2) is 0 Å². The molecule has 0 aromatic carbocycles. The fourth-order valence-corrected chi connectivity index (χ4v) is 1.54. The highest BCUT2D eigenvalue weighted by Crippen LogP contribution is 2.07. The van der Waals surface area contributed by atoms with Crippen LogP contribution >= 0.6 is 0 Å². The fourth-order valence-electron chi connectivity index (χ4n) is 1.54. The SMILES string of the molecule is CCN(CC)CCC(C(C)=O)C(C)=O. The molecule has 0 saturated carbocycles. The summed E-state index contributed by atoms with van der Waals surface area (Å²) >= 11 is 0. The van der Waals surface area contributed by atoms with E-state index in [0.717, 1.165) is 19.6 Å². The Morgan fingerprint density at radius 1 is 1.07 bits per heavy atom. The minimum atomic E-state index is -0.393. The largest absolute Gasteiger partial charge is 0.304 e. The summed E-state index contributed by atoms with van der Waals surface area (Å²) in [6.07, 6.45) is 0.659. The smallest absolute Gasteiger partial charge is 0.140 e. The van der Waals surface area contributed by atoms with Gasteiger partial charge in [-0.3, -0.25) is 9.59 Å². The van der Waals surface area contributed by atoms with Gasteiger partial charge in [0.25, 0.3) is 0 Å². The first-order valence-electron chi connectivity index (χ1n) is 5.26. The summed E-state index contributed by atoms with van der Waals surface area (Å²) in [4.78, 5) is 24.5. The van der Waals surface area contributed by atoms with E-state index in [9.17, 15) is 9.59 Å². The fraction of sp³-hybridized carbons (Fsp3) is 0.818. The molecule has 0 aliphatic heterocycles. The normalized spacial score (nSPS) is 11.0. The molecule has 0 aliphatic rings. The molecule has 0 bridgehead atoms. The molecule has 0 aromatic heterocycles. The van der Waals surface area contributed by atoms with Crippen LogP contribution in [0.4, 0.5) is 0 Å². The molecule has 0 aliphatic carbocycles. The number of carbonyl (C=O) groups is 2. The van der Waals surface area contributed by atoms with Gasteiger partial charge in [0.15, 0.2) is 0 Å². The zero-order valence-electron chi connectivity index (χ0n) is 9.67. The summed E-state index contributed by atoms with van der Waals surface area (Å²) in [5, 5.41) is 0. The van der Waals surface area contributed by atoms with Crippen molar-refractivity contribution in [3.8, 4) is 0 Å². The van der Waals surface area contributed by atoms with Crippen LogP contribution in [-0.2, 0) is 9.59 Å². The Balaban J connectivity index is 4.06. The molecule has 0 saturated heterocycles. The zero-order chi connectivity index (χ0) is 11.1. The second kappa shape index (κ2) is 6.71. The van der Waals surface area contributed by atoms with Crippen molar-refractivity contribution < 1.29 is 9.59 Å². The summed E-state index contributed by atoms with van der Waals surface area (Å²) in [6.45, 7) is 9.93. The zero-order valence-corrected chi connectivity index (χ0v) is 9.67. The summed E-state index contributed by atoms with van der Waals surface area (Å²) in [5.41, 5.74) is 0. The van der Waals surface area contributed by atoms with Crippen molar-refractivity contribution in [3.63, 3.8) is 0 Å². The number of rotatable bonds is 7. The third-order valence-corrected chi connectivity index (χ3v) is 2.61. The Hall–Kier alpha value is -0.700. The minimum Gasteiger partial charge on any atom is -0.304 e. The highest BCUT2D eigenvalue weighted by molar-refractivity contribution is 6.00. The van der Waals surface area contributed by atoms with Gasteiger partial charge >= 0.3 is 0 Å². The lowest BCUT2D eigenvalue weighted by Crippen LogP contribution is -2.29. The molecule has 14 heavy (non-hydrogen) atoms. The molecule has 3 nitrogen and oxygen atoms in total. The van der Waals surface area contributed by atoms with Crippen molar-refractivity contribution in [2.75, 3.05) is 19.6 Å². The van der Waals surface area contributed by atoms with Gasteiger partial charge in [-0.15, -0.1) is 0 Å². The molecular weight excluding hydrogens is 178 g/mol. The van der Waals surface area contributed by atoms with Gasteiger partial charge in [0.2, 0.25) is 0 Å². The molecule has 0 rings (SSSR count). The molecule has 0 spiro atoms. The molecular formula is C11H21NO2. The Bertz CT molecular complexity index is 183. The maximum absolute atomic E-state index is 11.1. The highest BCUT2D eigenvalue weighted by atomic mass is 16.1. The van der Waals surface area contributed by atoms with Crippen molar-refractivity contribution in [1.82, 2.24) is 4.90 Å². The van der Waals surface area contributed by atoms with Crippen LogP contribution in [0.5, 0.6) is 0 Å². The van der Waals surface area contributed by atoms with Crippen molar-refractivity contribution in [2.45, 2.75) is 34.1 Å². The van der Waals surface area contributed by atoms with E-state index in [4.69, 9.17) is 0 Å². The molecule has 0 fully saturated rings. The molecule has 0 atom stereocenters. The van der Waals surface area contributed by atoms with E-state index in [1.165, 1.54) is 13.8 Å². The van der Waals surface area contributed by atoms with Crippen LogP contribution in [-0.4, -0.2) is 36.1 Å². The summed E-state index contributed by atoms with van der Waals surface area (Å²) in [5.74, 6) is -0.412. The van der Waals surface area contributed by atoms with Gasteiger partial charge < -0.3 is 4.90 Å². The van der Waals surface area contributed by atoms with Crippen molar-refractivity contribution in [1.29, 1.82) is 0 Å². The lowest BCUT2D eigenvalue weighted by Gasteiger charge is -2.19. The first kappa shape index (κ1) is 13.3. The van der Waals surface area contributed by atoms with Crippen LogP contribution in [0.1, 0.15) is 34.1 Å². The third-order valence-electron chi connectivity index (χ3n) is 2.61. The second-order valence-corrected chi connectivity index (χ2v) is 3.59. The van der Waals surface area contributed by atoms with Crippen LogP contribution < -0.4 is 0 Å². The van der Waals surface area contributed by atoms with Gasteiger partial charge in [-0.25, -0.2) is 0 Å². The van der Waals surface area contributed by atoms with E-state index in [1.54, 1.807) is 0 Å². The molecule has 0 N–H and O–H groups in total. The lowest BCUT2D eigenvalue weighted by atomic mass is 9.97. The van der Waals surface area contributed by atoms with E-state index in [-0.39, 0.29) is 11.6 Å². The highest BCUT2D eigenvalue weighted by Gasteiger charge is 2.19. The molecule has 0 amide bonds. The number of hydrogen-bond acceptors (Lipinski definition) is 3. The van der Waals surface area contributed by atoms with E-state index in [1.807, 2.05) is 0 Å². The van der Waals surface area contributed by atoms with Gasteiger partial charge in [-0.05, 0) is 39.9 Å². The van der Waals surface area contributed by atoms with E-state index < -0.39 is 5.92 Å². The van der Waals surface area contributed by atoms with Crippen LogP contribution in [0, 0.1) is 5.92 Å². The first-order valence-corrected chi connectivity index (χ1v) is 5.26. The Kier molecular flexibility index (Phi) is 6.37. The predicted molar refractivity (Wildman–Crippen MR) is 57.3 cm³/mol. The molecule has 82 valence electrons. The minimum absolute atomic E-state index is 0.00958. The van der Waals surface area contributed by atoms with E-state index >= 15 is 0 Å². The maximum atomic E-state index is 11.1. The molecule has 0 aromatic rings. The molecule has 0 unspecified atom stereocenters. The van der Waals surface area contributed by atoms with Crippen LogP contribution in [0.25, 0.3) is 0 Å². The van der Waals surface area contributed by atoms with Crippen molar-refractivity contribution >= 4 is 11.6 Å². The summed E-state index contributed by atoms with van der Waals surface area (Å²) in [6, 6.07) is 0. The number of carbonyl (C=O) groups excluding carboxylic acids is 2. The molecule has 0 heterocycles. The van der Waals surface area contributed by atoms with Gasteiger partial charge in [-0.2, -0.15) is 0 Å². The molecule has 3 heteroatoms. The van der Waals surface area contributed by atoms with Gasteiger partial charge in [-0.1, -0.05) is 13.8 Å². The average molecular weight is 199 g/mol. The quantitative estimate of drug-likeness (QED) is 0.583. The van der Waals surface area contributed by atoms with E-state index in [2.05, 4.69) is 18.7 Å². The summed E-state index contributed by atoms with van der Waals surface area (Å²) in [7, 11) is 0. The Morgan fingerprint density at radius 2 is 1.50 bits per heavy atom. The third kappa shape index (κ3) is 4.51. The lowest BCUT2D eigenvalue weighted by molar-refractivity contribution is -0.130. The summed E-state index contributed by atoms with van der Waals surface area (Å²) < 4.78 is 0. The number of hydrogen-bond donors (Lipinski definition) is 0. The average Bonchev–Trinajstić information content (AvgIpc) is 2.11. The monoisotopic (exact) mass is 199 g/mol. The van der Waals surface area contributed by atoms with Gasteiger partial charge in [0, 0.05) is 0 Å². The number of Topliss-reactive ketones (excluding diaryl/α,β-unsaturated/α-hetero) is 2. The second-order valence-electron chi connectivity index (χ2n) is 3.59. The van der Waals surface area contributed by atoms with Crippen LogP contribution in [0.2, 0.25) is 0 Å². The first-order chi connectivity index (χ1) is 6.52. The number of nitrogens with zero attached hydrogens (tertiary/aromatic N) is 1. The van der Waals surface area contributed by atoms with Crippen molar-refractivity contribution in [3.05, 3.63) is 0 Å². The van der Waals surface area contributed by atoms with E-state index in [0.29, 0.717) is 6.42 Å². The maximum Gasteiger partial charge on any atom is 0.140 e. The van der Waals surface area contributed by atoms with Crippen molar-refractivity contribution in [2.24, 2.45) is 5.92 Å². The van der Waals surface area contributed by atoms with Gasteiger partial charge in [0.05, 0.1) is 5.92 Å².